The van der Waals surface area contributed by atoms with Crippen LogP contribution in [-0.4, -0.2) is 30.9 Å². The van der Waals surface area contributed by atoms with E-state index in [0.717, 1.165) is 18.5 Å². The Hall–Kier alpha value is -1.50. The maximum atomic E-state index is 11.4. The van der Waals surface area contributed by atoms with E-state index in [1.807, 2.05) is 6.07 Å². The number of nitrogens with zero attached hydrogens (tertiary/aromatic N) is 2. The molecule has 0 aromatic rings. The van der Waals surface area contributed by atoms with Gasteiger partial charge in [-0.25, -0.2) is 0 Å². The third kappa shape index (κ3) is 2.22. The van der Waals surface area contributed by atoms with E-state index in [2.05, 4.69) is 5.32 Å². The summed E-state index contributed by atoms with van der Waals surface area (Å²) in [6.45, 7) is 0. The molecular weight excluding hydrogens is 166 g/mol. The fourth-order valence-electron chi connectivity index (χ4n) is 1.36. The van der Waals surface area contributed by atoms with Crippen molar-refractivity contribution in [1.82, 2.24) is 10.2 Å². The first-order valence-corrected chi connectivity index (χ1v) is 4.21. The van der Waals surface area contributed by atoms with Crippen molar-refractivity contribution in [3.63, 3.8) is 0 Å². The van der Waals surface area contributed by atoms with Crippen LogP contribution < -0.4 is 5.32 Å². The van der Waals surface area contributed by atoms with Crippen molar-refractivity contribution in [2.24, 2.45) is 0 Å². The zero-order valence-corrected chi connectivity index (χ0v) is 7.87. The minimum Gasteiger partial charge on any atom is -0.376 e. The van der Waals surface area contributed by atoms with Gasteiger partial charge in [-0.2, -0.15) is 5.26 Å². The van der Waals surface area contributed by atoms with Crippen LogP contribution in [0.15, 0.2) is 11.8 Å². The number of carbonyl (C=O) groups excluding carboxylic acids is 1. The molecule has 13 heavy (non-hydrogen) atoms. The van der Waals surface area contributed by atoms with Crippen molar-refractivity contribution in [3.05, 3.63) is 11.8 Å². The molecule has 1 heterocycles. The van der Waals surface area contributed by atoms with Gasteiger partial charge in [-0.3, -0.25) is 4.79 Å². The predicted molar refractivity (Wildman–Crippen MR) is 48.5 cm³/mol. The van der Waals surface area contributed by atoms with Gasteiger partial charge < -0.3 is 10.2 Å². The molecule has 0 bridgehead atoms. The molecule has 1 aliphatic rings. The summed E-state index contributed by atoms with van der Waals surface area (Å²) in [4.78, 5) is 13.0. The minimum absolute atomic E-state index is 0.0707. The Morgan fingerprint density at radius 2 is 2.46 bits per heavy atom. The third-order valence-electron chi connectivity index (χ3n) is 2.04. The molecule has 1 unspecified atom stereocenters. The van der Waals surface area contributed by atoms with Gasteiger partial charge in [-0.1, -0.05) is 0 Å². The first-order valence-electron chi connectivity index (χ1n) is 4.21. The Bertz CT molecular complexity index is 275. The van der Waals surface area contributed by atoms with Crippen molar-refractivity contribution in [2.75, 3.05) is 14.1 Å². The summed E-state index contributed by atoms with van der Waals surface area (Å²) in [6.07, 6.45) is 3.03. The second-order valence-electron chi connectivity index (χ2n) is 3.27. The first kappa shape index (κ1) is 9.59. The van der Waals surface area contributed by atoms with Gasteiger partial charge >= 0.3 is 0 Å². The van der Waals surface area contributed by atoms with Crippen LogP contribution in [0.1, 0.15) is 12.8 Å². The van der Waals surface area contributed by atoms with Gasteiger partial charge in [0, 0.05) is 25.9 Å². The van der Waals surface area contributed by atoms with Crippen molar-refractivity contribution in [3.8, 4) is 6.07 Å². The average Bonchev–Trinajstić information content (AvgIpc) is 2.52. The summed E-state index contributed by atoms with van der Waals surface area (Å²) in [7, 11) is 3.46. The second kappa shape index (κ2) is 3.94. The lowest BCUT2D eigenvalue weighted by atomic mass is 10.2. The van der Waals surface area contributed by atoms with Crippen LogP contribution in [0.4, 0.5) is 0 Å². The van der Waals surface area contributed by atoms with E-state index in [-0.39, 0.29) is 11.9 Å². The van der Waals surface area contributed by atoms with Crippen LogP contribution in [0.2, 0.25) is 0 Å². The minimum atomic E-state index is -0.144. The molecule has 0 saturated carbocycles. The largest absolute Gasteiger partial charge is 0.376 e. The molecule has 0 aliphatic carbocycles. The van der Waals surface area contributed by atoms with E-state index in [1.165, 1.54) is 6.08 Å². The average molecular weight is 179 g/mol. The zero-order chi connectivity index (χ0) is 9.84. The van der Waals surface area contributed by atoms with Gasteiger partial charge in [-0.15, -0.1) is 0 Å². The molecule has 0 aromatic heterocycles. The molecule has 1 rings (SSSR count). The van der Waals surface area contributed by atoms with Gasteiger partial charge in [-0.05, 0) is 12.8 Å². The van der Waals surface area contributed by atoms with E-state index in [0.29, 0.717) is 0 Å². The van der Waals surface area contributed by atoms with E-state index in [4.69, 9.17) is 5.26 Å². The molecule has 1 aliphatic heterocycles. The van der Waals surface area contributed by atoms with Crippen molar-refractivity contribution in [1.29, 1.82) is 5.26 Å². The van der Waals surface area contributed by atoms with E-state index >= 15 is 0 Å². The van der Waals surface area contributed by atoms with Crippen molar-refractivity contribution < 1.29 is 4.79 Å². The van der Waals surface area contributed by atoms with E-state index < -0.39 is 0 Å². The molecule has 0 spiro atoms. The quantitative estimate of drug-likeness (QED) is 0.586. The van der Waals surface area contributed by atoms with Gasteiger partial charge in [0.05, 0.1) is 6.07 Å². The van der Waals surface area contributed by atoms with Crippen LogP contribution in [-0.2, 0) is 4.79 Å². The molecule has 1 fully saturated rings. The van der Waals surface area contributed by atoms with Crippen molar-refractivity contribution in [2.45, 2.75) is 18.9 Å². The zero-order valence-electron chi connectivity index (χ0n) is 7.87. The smallest absolute Gasteiger partial charge is 0.244 e. The lowest BCUT2D eigenvalue weighted by molar-refractivity contribution is -0.130. The molecule has 4 nitrogen and oxygen atoms in total. The molecule has 1 N–H and O–H groups in total. The van der Waals surface area contributed by atoms with Crippen LogP contribution in [0.3, 0.4) is 0 Å². The number of rotatable bonds is 1. The normalized spacial score (nSPS) is 23.8. The van der Waals surface area contributed by atoms with Crippen LogP contribution in [0.5, 0.6) is 0 Å². The van der Waals surface area contributed by atoms with Gasteiger partial charge in [0.25, 0.3) is 0 Å². The Labute approximate surface area is 77.8 Å². The number of likely N-dealkylation sites (N-methyl/N-ethyl adjacent to an activating group) is 1. The van der Waals surface area contributed by atoms with Crippen LogP contribution >= 0.6 is 0 Å². The van der Waals surface area contributed by atoms with Gasteiger partial charge in [0.1, 0.15) is 6.04 Å². The Morgan fingerprint density at radius 3 is 3.00 bits per heavy atom. The number of amides is 1. The first-order chi connectivity index (χ1) is 6.15. The predicted octanol–water partition coefficient (Wildman–Crippen LogP) is 0.234. The fourth-order valence-corrected chi connectivity index (χ4v) is 1.36. The summed E-state index contributed by atoms with van der Waals surface area (Å²) in [5.41, 5.74) is 0.864. The molecular formula is C9H13N3O. The summed E-state index contributed by atoms with van der Waals surface area (Å²) < 4.78 is 0. The highest BCUT2D eigenvalue weighted by atomic mass is 16.2. The molecule has 4 heteroatoms. The summed E-state index contributed by atoms with van der Waals surface area (Å²) >= 11 is 0. The number of allylic oxidation sites excluding steroid dienone is 2. The number of hydrogen-bond donors (Lipinski definition) is 1. The van der Waals surface area contributed by atoms with Gasteiger partial charge in [0.15, 0.2) is 0 Å². The van der Waals surface area contributed by atoms with Crippen molar-refractivity contribution >= 4 is 5.91 Å². The number of carbonyl (C=O) groups is 1. The topological polar surface area (TPSA) is 56.1 Å². The lowest BCUT2D eigenvalue weighted by Crippen LogP contribution is -2.39. The Morgan fingerprint density at radius 1 is 1.77 bits per heavy atom. The summed E-state index contributed by atoms with van der Waals surface area (Å²) in [6, 6.07) is 1.81. The SMILES string of the molecule is CN(C)C(=O)C1CC/C(=C\C#N)N1. The Kier molecular flexibility index (Phi) is 2.91. The molecule has 70 valence electrons. The van der Waals surface area contributed by atoms with Gasteiger partial charge in [0.2, 0.25) is 5.91 Å². The van der Waals surface area contributed by atoms with E-state index in [9.17, 15) is 4.79 Å². The number of nitriles is 1. The number of hydrogen-bond acceptors (Lipinski definition) is 3. The van der Waals surface area contributed by atoms with E-state index in [1.54, 1.807) is 19.0 Å². The Balaban J connectivity index is 2.56. The maximum Gasteiger partial charge on any atom is 0.244 e. The number of nitrogens with one attached hydrogen (secondary N) is 1. The molecule has 1 amide bonds. The molecule has 1 saturated heterocycles. The summed E-state index contributed by atoms with van der Waals surface area (Å²) in [5.74, 6) is 0.0707. The fraction of sp³-hybridized carbons (Fsp3) is 0.556. The maximum absolute atomic E-state index is 11.4. The second-order valence-corrected chi connectivity index (χ2v) is 3.27. The standard InChI is InChI=1S/C9H13N3O/c1-12(2)9(13)8-4-3-7(11-8)5-6-10/h5,8,11H,3-4H2,1-2H3/b7-5+. The monoisotopic (exact) mass is 179 g/mol. The highest BCUT2D eigenvalue weighted by molar-refractivity contribution is 5.82. The highest BCUT2D eigenvalue weighted by Crippen LogP contribution is 2.16. The molecule has 0 aromatic carbocycles. The third-order valence-corrected chi connectivity index (χ3v) is 2.04. The van der Waals surface area contributed by atoms with Crippen LogP contribution in [0.25, 0.3) is 0 Å². The molecule has 0 radical (unpaired) electrons. The lowest BCUT2D eigenvalue weighted by Gasteiger charge is -2.16. The highest BCUT2D eigenvalue weighted by Gasteiger charge is 2.25. The van der Waals surface area contributed by atoms with Crippen LogP contribution in [0, 0.1) is 11.3 Å². The molecule has 1 atom stereocenters. The summed E-state index contributed by atoms with van der Waals surface area (Å²) in [5, 5.41) is 11.4.